The summed E-state index contributed by atoms with van der Waals surface area (Å²) in [5, 5.41) is 0. The largest absolute Gasteiger partial charge is 0.345 e. The zero-order chi connectivity index (χ0) is 9.68. The quantitative estimate of drug-likeness (QED) is 0.466. The Kier molecular flexibility index (Phi) is 3.51. The van der Waals surface area contributed by atoms with Crippen LogP contribution < -0.4 is 0 Å². The van der Waals surface area contributed by atoms with Gasteiger partial charge in [0.05, 0.1) is 6.42 Å². The molecule has 0 radical (unpaired) electrons. The predicted octanol–water partition coefficient (Wildman–Crippen LogP) is 0.447. The van der Waals surface area contributed by atoms with Crippen molar-refractivity contribution in [3.05, 3.63) is 0 Å². The third-order valence-electron chi connectivity index (χ3n) is 2.41. The van der Waals surface area contributed by atoms with Crippen LogP contribution in [0.1, 0.15) is 19.3 Å². The minimum Gasteiger partial charge on any atom is -0.345 e. The predicted molar refractivity (Wildman–Crippen MR) is 48.8 cm³/mol. The van der Waals surface area contributed by atoms with E-state index in [0.29, 0.717) is 13.1 Å². The van der Waals surface area contributed by atoms with E-state index in [9.17, 15) is 9.59 Å². The Bertz CT molecular complexity index is 234. The van der Waals surface area contributed by atoms with Crippen molar-refractivity contribution in [1.82, 2.24) is 4.90 Å². The Hall–Kier alpha value is -1.30. The number of likely N-dealkylation sites (tertiary alicyclic amines) is 1. The molecule has 0 spiro atoms. The lowest BCUT2D eigenvalue weighted by Gasteiger charge is -2.27. The van der Waals surface area contributed by atoms with Gasteiger partial charge in [-0.3, -0.25) is 9.59 Å². The monoisotopic (exact) mass is 179 g/mol. The van der Waals surface area contributed by atoms with Crippen LogP contribution in [0, 0.1) is 18.3 Å². The van der Waals surface area contributed by atoms with Crippen LogP contribution in [-0.4, -0.2) is 30.2 Å². The Morgan fingerprint density at radius 2 is 2.15 bits per heavy atom. The lowest BCUT2D eigenvalue weighted by Crippen LogP contribution is -2.35. The number of nitrogens with zero attached hydrogens (tertiary/aromatic N) is 1. The number of carbonyl (C=O) groups is 2. The van der Waals surface area contributed by atoms with Crippen molar-refractivity contribution in [2.24, 2.45) is 5.92 Å². The molecule has 0 N–H and O–H groups in total. The molecule has 1 saturated heterocycles. The van der Waals surface area contributed by atoms with Crippen LogP contribution >= 0.6 is 0 Å². The summed E-state index contributed by atoms with van der Waals surface area (Å²) in [6, 6.07) is 0. The molecule has 1 aliphatic heterocycles. The topological polar surface area (TPSA) is 37.4 Å². The fraction of sp³-hybridized carbons (Fsp3) is 0.600. The lowest BCUT2D eigenvalue weighted by atomic mass is 9.91. The summed E-state index contributed by atoms with van der Waals surface area (Å²) in [6.45, 7) is 1.37. The van der Waals surface area contributed by atoms with Crippen LogP contribution in [0.15, 0.2) is 0 Å². The van der Waals surface area contributed by atoms with Gasteiger partial charge in [-0.2, -0.15) is 0 Å². The van der Waals surface area contributed by atoms with Crippen LogP contribution in [-0.2, 0) is 9.59 Å². The highest BCUT2D eigenvalue weighted by Crippen LogP contribution is 2.17. The molecule has 0 aromatic heterocycles. The second-order valence-corrected chi connectivity index (χ2v) is 3.26. The highest BCUT2D eigenvalue weighted by atomic mass is 16.1. The molecular formula is C10H13NO2. The van der Waals surface area contributed by atoms with Crippen LogP contribution in [0.2, 0.25) is 0 Å². The molecule has 0 aromatic rings. The second-order valence-electron chi connectivity index (χ2n) is 3.26. The molecule has 0 atom stereocenters. The minimum atomic E-state index is 0.0762. The molecule has 1 amide bonds. The van der Waals surface area contributed by atoms with E-state index in [2.05, 4.69) is 5.92 Å². The van der Waals surface area contributed by atoms with Gasteiger partial charge in [0.1, 0.15) is 5.78 Å². The van der Waals surface area contributed by atoms with Crippen molar-refractivity contribution >= 4 is 12.2 Å². The van der Waals surface area contributed by atoms with E-state index < -0.39 is 0 Å². The summed E-state index contributed by atoms with van der Waals surface area (Å²) in [4.78, 5) is 23.4. The molecule has 0 saturated carbocycles. The number of hydrogen-bond acceptors (Lipinski definition) is 2. The van der Waals surface area contributed by atoms with Gasteiger partial charge in [0.25, 0.3) is 0 Å². The number of amides is 1. The van der Waals surface area contributed by atoms with Gasteiger partial charge in [-0.25, -0.2) is 0 Å². The fourth-order valence-electron chi connectivity index (χ4n) is 1.57. The molecule has 1 aliphatic rings. The summed E-state index contributed by atoms with van der Waals surface area (Å²) in [6.07, 6.45) is 7.64. The summed E-state index contributed by atoms with van der Waals surface area (Å²) >= 11 is 0. The van der Waals surface area contributed by atoms with Gasteiger partial charge in [-0.1, -0.05) is 5.92 Å². The van der Waals surface area contributed by atoms with E-state index in [4.69, 9.17) is 6.42 Å². The van der Waals surface area contributed by atoms with E-state index in [1.807, 2.05) is 0 Å². The molecule has 1 rings (SSSR count). The van der Waals surface area contributed by atoms with Gasteiger partial charge in [-0.15, -0.1) is 6.42 Å². The first-order valence-electron chi connectivity index (χ1n) is 4.43. The summed E-state index contributed by atoms with van der Waals surface area (Å²) in [7, 11) is 0. The minimum absolute atomic E-state index is 0.0762. The molecule has 13 heavy (non-hydrogen) atoms. The highest BCUT2D eigenvalue weighted by molar-refractivity contribution is 5.83. The van der Waals surface area contributed by atoms with E-state index in [1.54, 1.807) is 4.90 Å². The van der Waals surface area contributed by atoms with E-state index in [0.717, 1.165) is 19.3 Å². The number of terminal acetylenes is 1. The zero-order valence-corrected chi connectivity index (χ0v) is 7.53. The average molecular weight is 179 g/mol. The summed E-state index contributed by atoms with van der Waals surface area (Å²) < 4.78 is 0. The lowest BCUT2D eigenvalue weighted by molar-refractivity contribution is -0.126. The molecule has 3 heteroatoms. The van der Waals surface area contributed by atoms with Gasteiger partial charge < -0.3 is 4.90 Å². The third-order valence-corrected chi connectivity index (χ3v) is 2.41. The van der Waals surface area contributed by atoms with Crippen LogP contribution in [0.25, 0.3) is 0 Å². The molecule has 1 heterocycles. The zero-order valence-electron chi connectivity index (χ0n) is 7.53. The van der Waals surface area contributed by atoms with Crippen molar-refractivity contribution < 1.29 is 9.59 Å². The number of ketones is 1. The highest BCUT2D eigenvalue weighted by Gasteiger charge is 2.23. The summed E-state index contributed by atoms with van der Waals surface area (Å²) in [5.41, 5.74) is 0. The van der Waals surface area contributed by atoms with Crippen molar-refractivity contribution in [2.75, 3.05) is 13.1 Å². The first-order valence-corrected chi connectivity index (χ1v) is 4.43. The normalized spacial score (nSPS) is 17.9. The van der Waals surface area contributed by atoms with Crippen molar-refractivity contribution in [2.45, 2.75) is 19.3 Å². The molecule has 0 aliphatic carbocycles. The van der Waals surface area contributed by atoms with Crippen molar-refractivity contribution in [1.29, 1.82) is 0 Å². The van der Waals surface area contributed by atoms with Crippen LogP contribution in [0.4, 0.5) is 0 Å². The number of Topliss-reactive ketones (excluding diaryl/α,β-unsaturated/α-hetero) is 1. The molecule has 3 nitrogen and oxygen atoms in total. The molecule has 70 valence electrons. The maximum atomic E-state index is 11.3. The van der Waals surface area contributed by atoms with Gasteiger partial charge in [0.15, 0.2) is 0 Å². The fourth-order valence-corrected chi connectivity index (χ4v) is 1.57. The Morgan fingerprint density at radius 3 is 2.62 bits per heavy atom. The van der Waals surface area contributed by atoms with Gasteiger partial charge in [-0.05, 0) is 12.8 Å². The van der Waals surface area contributed by atoms with Crippen LogP contribution in [0.5, 0.6) is 0 Å². The first kappa shape index (κ1) is 9.79. The standard InChI is InChI=1S/C10H13NO2/c1-2-3-10(13)9-4-6-11(8-12)7-5-9/h1,8-9H,3-7H2. The van der Waals surface area contributed by atoms with E-state index >= 15 is 0 Å². The Balaban J connectivity index is 2.37. The first-order chi connectivity index (χ1) is 6.27. The van der Waals surface area contributed by atoms with E-state index in [-0.39, 0.29) is 18.1 Å². The van der Waals surface area contributed by atoms with Gasteiger partial charge in [0, 0.05) is 19.0 Å². The van der Waals surface area contributed by atoms with Crippen molar-refractivity contribution in [3.8, 4) is 12.3 Å². The average Bonchev–Trinajstić information content (AvgIpc) is 2.18. The Labute approximate surface area is 78.1 Å². The van der Waals surface area contributed by atoms with E-state index in [1.165, 1.54) is 0 Å². The molecular weight excluding hydrogens is 166 g/mol. The molecule has 0 aromatic carbocycles. The maximum absolute atomic E-state index is 11.3. The van der Waals surface area contributed by atoms with Gasteiger partial charge in [0.2, 0.25) is 6.41 Å². The molecule has 0 bridgehead atoms. The molecule has 1 fully saturated rings. The maximum Gasteiger partial charge on any atom is 0.209 e. The van der Waals surface area contributed by atoms with Crippen LogP contribution in [0.3, 0.4) is 0 Å². The number of carbonyl (C=O) groups excluding carboxylic acids is 2. The smallest absolute Gasteiger partial charge is 0.209 e. The Morgan fingerprint density at radius 1 is 1.54 bits per heavy atom. The number of rotatable bonds is 3. The molecule has 0 unspecified atom stereocenters. The second kappa shape index (κ2) is 4.66. The van der Waals surface area contributed by atoms with Crippen molar-refractivity contribution in [3.63, 3.8) is 0 Å². The summed E-state index contributed by atoms with van der Waals surface area (Å²) in [5.74, 6) is 2.58. The number of piperidine rings is 1. The van der Waals surface area contributed by atoms with Gasteiger partial charge >= 0.3 is 0 Å². The third kappa shape index (κ3) is 2.59. The SMILES string of the molecule is C#CCC(=O)C1CCN(C=O)CC1. The number of hydrogen-bond donors (Lipinski definition) is 0.